The van der Waals surface area contributed by atoms with Gasteiger partial charge in [-0.3, -0.25) is 9.59 Å². The van der Waals surface area contributed by atoms with Gasteiger partial charge in [-0.15, -0.1) is 0 Å². The first kappa shape index (κ1) is 27.9. The summed E-state index contributed by atoms with van der Waals surface area (Å²) in [4.78, 5) is 29.4. The number of amides is 2. The van der Waals surface area contributed by atoms with Crippen molar-refractivity contribution in [1.29, 1.82) is 0 Å². The highest BCUT2D eigenvalue weighted by Gasteiger charge is 2.37. The van der Waals surface area contributed by atoms with E-state index < -0.39 is 11.9 Å². The molecule has 2 aromatic carbocycles. The van der Waals surface area contributed by atoms with Crippen molar-refractivity contribution < 1.29 is 33.0 Å². The SMILES string of the molecule is COc1ccc(CCN(C(=O)c2ccco2)[C@@H](C(=O)NC2CCCC2)c2cccc(OC)c2OC)cc1OC. The van der Waals surface area contributed by atoms with Crippen LogP contribution in [-0.4, -0.2) is 57.7 Å². The van der Waals surface area contributed by atoms with Crippen LogP contribution in [0, 0.1) is 0 Å². The zero-order chi connectivity index (χ0) is 27.8. The molecule has 208 valence electrons. The Morgan fingerprint density at radius 3 is 2.31 bits per heavy atom. The van der Waals surface area contributed by atoms with Crippen LogP contribution in [-0.2, 0) is 11.2 Å². The summed E-state index contributed by atoms with van der Waals surface area (Å²) in [7, 11) is 6.22. The van der Waals surface area contributed by atoms with Gasteiger partial charge in [0, 0.05) is 18.2 Å². The van der Waals surface area contributed by atoms with Crippen molar-refractivity contribution in [3.05, 3.63) is 71.7 Å². The second-order valence-electron chi connectivity index (χ2n) is 9.39. The third kappa shape index (κ3) is 6.30. The van der Waals surface area contributed by atoms with E-state index in [1.807, 2.05) is 18.2 Å². The molecular weight excluding hydrogens is 500 g/mol. The summed E-state index contributed by atoms with van der Waals surface area (Å²) in [5.74, 6) is 1.53. The molecule has 1 N–H and O–H groups in total. The van der Waals surface area contributed by atoms with Crippen LogP contribution in [0.4, 0.5) is 0 Å². The molecule has 39 heavy (non-hydrogen) atoms. The molecule has 1 heterocycles. The first-order valence-corrected chi connectivity index (χ1v) is 13.1. The molecule has 3 aromatic rings. The highest BCUT2D eigenvalue weighted by atomic mass is 16.5. The number of ether oxygens (including phenoxy) is 4. The van der Waals surface area contributed by atoms with Gasteiger partial charge in [0.1, 0.15) is 6.04 Å². The van der Waals surface area contributed by atoms with Crippen LogP contribution in [0.25, 0.3) is 0 Å². The van der Waals surface area contributed by atoms with Crippen molar-refractivity contribution in [2.75, 3.05) is 35.0 Å². The molecule has 4 rings (SSSR count). The van der Waals surface area contributed by atoms with Crippen molar-refractivity contribution in [1.82, 2.24) is 10.2 Å². The predicted molar refractivity (Wildman–Crippen MR) is 146 cm³/mol. The number of carbonyl (C=O) groups is 2. The van der Waals surface area contributed by atoms with Crippen LogP contribution in [0.2, 0.25) is 0 Å². The highest BCUT2D eigenvalue weighted by molar-refractivity contribution is 5.96. The molecule has 1 atom stereocenters. The molecule has 1 saturated carbocycles. The van der Waals surface area contributed by atoms with Gasteiger partial charge in [-0.2, -0.15) is 0 Å². The van der Waals surface area contributed by atoms with Crippen LogP contribution >= 0.6 is 0 Å². The minimum atomic E-state index is -0.992. The molecule has 1 aromatic heterocycles. The number of rotatable bonds is 12. The van der Waals surface area contributed by atoms with E-state index >= 15 is 0 Å². The second kappa shape index (κ2) is 13.1. The second-order valence-corrected chi connectivity index (χ2v) is 9.39. The lowest BCUT2D eigenvalue weighted by molar-refractivity contribution is -0.126. The van der Waals surface area contributed by atoms with E-state index in [0.29, 0.717) is 35.0 Å². The molecule has 0 saturated heterocycles. The zero-order valence-corrected chi connectivity index (χ0v) is 22.9. The van der Waals surface area contributed by atoms with Gasteiger partial charge in [0.25, 0.3) is 5.91 Å². The van der Waals surface area contributed by atoms with Crippen molar-refractivity contribution in [2.45, 2.75) is 44.2 Å². The summed E-state index contributed by atoms with van der Waals surface area (Å²) in [6.45, 7) is 0.220. The maximum atomic E-state index is 14.0. The van der Waals surface area contributed by atoms with Gasteiger partial charge in [0.2, 0.25) is 5.91 Å². The fourth-order valence-corrected chi connectivity index (χ4v) is 5.10. The molecule has 1 aliphatic carbocycles. The smallest absolute Gasteiger partial charge is 0.290 e. The van der Waals surface area contributed by atoms with Crippen molar-refractivity contribution >= 4 is 11.8 Å². The van der Waals surface area contributed by atoms with E-state index in [-0.39, 0.29) is 24.3 Å². The van der Waals surface area contributed by atoms with Gasteiger partial charge in [0.05, 0.1) is 34.7 Å². The lowest BCUT2D eigenvalue weighted by Gasteiger charge is -2.32. The number of benzene rings is 2. The third-order valence-electron chi connectivity index (χ3n) is 7.07. The Hall–Kier alpha value is -4.14. The number of carbonyl (C=O) groups excluding carboxylic acids is 2. The Morgan fingerprint density at radius 1 is 0.923 bits per heavy atom. The standard InChI is InChI=1S/C30H36N2O7/c1-35-23-15-14-20(19-26(23)37-3)16-17-32(30(34)25-13-8-18-39-25)27(29(33)31-21-9-5-6-10-21)22-11-7-12-24(36-2)28(22)38-4/h7-8,11-15,18-19,21,27H,5-6,9-10,16-17H2,1-4H3,(H,31,33)/t27-/m1/s1. The Morgan fingerprint density at radius 2 is 1.67 bits per heavy atom. The van der Waals surface area contributed by atoms with Gasteiger partial charge in [0.15, 0.2) is 28.8 Å². The highest BCUT2D eigenvalue weighted by Crippen LogP contribution is 2.38. The van der Waals surface area contributed by atoms with Gasteiger partial charge < -0.3 is 33.6 Å². The molecule has 0 bridgehead atoms. The van der Waals surface area contributed by atoms with Crippen molar-refractivity contribution in [3.8, 4) is 23.0 Å². The van der Waals surface area contributed by atoms with E-state index in [0.717, 1.165) is 31.2 Å². The van der Waals surface area contributed by atoms with Gasteiger partial charge in [-0.05, 0) is 55.2 Å². The minimum Gasteiger partial charge on any atom is -0.493 e. The molecular formula is C30H36N2O7. The van der Waals surface area contributed by atoms with Crippen LogP contribution in [0.15, 0.2) is 59.2 Å². The van der Waals surface area contributed by atoms with Crippen molar-refractivity contribution in [3.63, 3.8) is 0 Å². The molecule has 0 unspecified atom stereocenters. The molecule has 2 amide bonds. The first-order valence-electron chi connectivity index (χ1n) is 13.1. The summed E-state index contributed by atoms with van der Waals surface area (Å²) < 4.78 is 27.5. The van der Waals surface area contributed by atoms with E-state index in [4.69, 9.17) is 23.4 Å². The average molecular weight is 537 g/mol. The Labute approximate surface area is 229 Å². The molecule has 1 aliphatic rings. The number of methoxy groups -OCH3 is 4. The van der Waals surface area contributed by atoms with Gasteiger partial charge in [-0.25, -0.2) is 0 Å². The number of furan rings is 1. The first-order chi connectivity index (χ1) is 19.0. The van der Waals surface area contributed by atoms with E-state index in [1.54, 1.807) is 44.6 Å². The number of hydrogen-bond acceptors (Lipinski definition) is 7. The number of para-hydroxylation sites is 1. The largest absolute Gasteiger partial charge is 0.493 e. The average Bonchev–Trinajstić information content (AvgIpc) is 3.69. The fraction of sp³-hybridized carbons (Fsp3) is 0.400. The Balaban J connectivity index is 1.76. The molecule has 0 aliphatic heterocycles. The van der Waals surface area contributed by atoms with E-state index in [9.17, 15) is 9.59 Å². The lowest BCUT2D eigenvalue weighted by Crippen LogP contribution is -2.47. The van der Waals surface area contributed by atoms with Gasteiger partial charge >= 0.3 is 0 Å². The van der Waals surface area contributed by atoms with Gasteiger partial charge in [-0.1, -0.05) is 31.0 Å². The summed E-state index contributed by atoms with van der Waals surface area (Å²) >= 11 is 0. The fourth-order valence-electron chi connectivity index (χ4n) is 5.10. The summed E-state index contributed by atoms with van der Waals surface area (Å²) in [5, 5.41) is 3.18. The molecule has 0 radical (unpaired) electrons. The molecule has 9 heteroatoms. The monoisotopic (exact) mass is 536 g/mol. The number of nitrogens with one attached hydrogen (secondary N) is 1. The summed E-state index contributed by atoms with van der Waals surface area (Å²) in [6, 6.07) is 13.3. The van der Waals surface area contributed by atoms with Crippen LogP contribution in [0.1, 0.15) is 53.4 Å². The lowest BCUT2D eigenvalue weighted by atomic mass is 10.00. The minimum absolute atomic E-state index is 0.0583. The zero-order valence-electron chi connectivity index (χ0n) is 22.9. The quantitative estimate of drug-likeness (QED) is 0.355. The Kier molecular flexibility index (Phi) is 9.35. The van der Waals surface area contributed by atoms with E-state index in [2.05, 4.69) is 5.32 Å². The topological polar surface area (TPSA) is 99.5 Å². The van der Waals surface area contributed by atoms with Crippen LogP contribution < -0.4 is 24.3 Å². The van der Waals surface area contributed by atoms with E-state index in [1.165, 1.54) is 25.4 Å². The molecule has 0 spiro atoms. The predicted octanol–water partition coefficient (Wildman–Crippen LogP) is 4.80. The maximum Gasteiger partial charge on any atom is 0.290 e. The molecule has 9 nitrogen and oxygen atoms in total. The van der Waals surface area contributed by atoms with Crippen molar-refractivity contribution in [2.24, 2.45) is 0 Å². The maximum absolute atomic E-state index is 14.0. The number of nitrogens with zero attached hydrogens (tertiary/aromatic N) is 1. The molecule has 1 fully saturated rings. The van der Waals surface area contributed by atoms with Crippen LogP contribution in [0.3, 0.4) is 0 Å². The normalized spacial score (nSPS) is 13.9. The summed E-state index contributed by atoms with van der Waals surface area (Å²) in [5.41, 5.74) is 1.44. The summed E-state index contributed by atoms with van der Waals surface area (Å²) in [6.07, 6.45) is 5.83. The van der Waals surface area contributed by atoms with Crippen LogP contribution in [0.5, 0.6) is 23.0 Å². The Bertz CT molecular complexity index is 1250. The third-order valence-corrected chi connectivity index (χ3v) is 7.07. The number of hydrogen-bond donors (Lipinski definition) is 1.